The number of fused-ring (bicyclic) bond motifs is 2. The van der Waals surface area contributed by atoms with Gasteiger partial charge in [-0.1, -0.05) is 0 Å². The fourth-order valence-electron chi connectivity index (χ4n) is 8.07. The van der Waals surface area contributed by atoms with Crippen molar-refractivity contribution >= 4 is 151 Å². The summed E-state index contributed by atoms with van der Waals surface area (Å²) in [5, 5.41) is 103. The normalized spacial score (nSPS) is 12.9. The van der Waals surface area contributed by atoms with Gasteiger partial charge in [-0.25, -0.2) is 9.59 Å². The van der Waals surface area contributed by atoms with Crippen LogP contribution in [0.15, 0.2) is 155 Å². The van der Waals surface area contributed by atoms with Crippen molar-refractivity contribution in [1.82, 2.24) is 9.78 Å². The quantitative estimate of drug-likeness (QED) is 0.0133. The van der Waals surface area contributed by atoms with Gasteiger partial charge in [-0.2, -0.15) is 70.7 Å². The number of hydrogen-bond donors (Lipinski definition) is 12. The monoisotopic (exact) mass is 1360 g/mol. The number of non-ortho nitro benzene ring substituents is 1. The van der Waals surface area contributed by atoms with Crippen molar-refractivity contribution in [2.45, 2.75) is 29.4 Å². The molecule has 0 spiro atoms. The molecule has 0 bridgehead atoms. The number of aromatic carboxylic acids is 2. The van der Waals surface area contributed by atoms with Crippen molar-refractivity contribution in [3.05, 3.63) is 112 Å². The largest absolute Gasteiger partial charge is 0.505 e. The molecule has 40 nitrogen and oxygen atoms in total. The molecule has 90 heavy (non-hydrogen) atoms. The smallest absolute Gasteiger partial charge is 0.338 e. The van der Waals surface area contributed by atoms with Gasteiger partial charge >= 0.3 is 11.9 Å². The first-order valence-electron chi connectivity index (χ1n) is 22.8. The van der Waals surface area contributed by atoms with Crippen LogP contribution in [0.25, 0.3) is 27.2 Å². The molecule has 0 aliphatic rings. The minimum atomic E-state index is -5.80. The van der Waals surface area contributed by atoms with Gasteiger partial charge in [0.25, 0.3) is 66.4 Å². The van der Waals surface area contributed by atoms with Gasteiger partial charge in [0, 0.05) is 28.3 Å². The second kappa shape index (κ2) is 23.0. The number of nitro benzene ring substituents is 1. The molecule has 0 aliphatic carbocycles. The molecule has 0 amide bonds. The van der Waals surface area contributed by atoms with Crippen molar-refractivity contribution in [2.75, 3.05) is 5.73 Å². The number of carboxylic acids is 2. The number of nitrogens with zero attached hydrogens (tertiary/aromatic N) is 12. The Morgan fingerprint density at radius 1 is 0.522 bits per heavy atom. The van der Waals surface area contributed by atoms with E-state index in [0.29, 0.717) is 48.5 Å². The van der Waals surface area contributed by atoms with Crippen LogP contribution in [0.5, 0.6) is 17.4 Å². The number of benzene rings is 7. The Bertz CT molecular complexity index is 5480. The maximum Gasteiger partial charge on any atom is 0.338 e. The van der Waals surface area contributed by atoms with Crippen molar-refractivity contribution in [2.24, 2.45) is 40.9 Å². The van der Waals surface area contributed by atoms with Crippen LogP contribution in [0.1, 0.15) is 26.4 Å². The highest BCUT2D eigenvalue weighted by Crippen LogP contribution is 2.50. The maximum atomic E-state index is 13.2. The van der Waals surface area contributed by atoms with Crippen LogP contribution in [0.4, 0.5) is 56.9 Å². The fraction of sp³-hybridized carbons (Fsp3) is 0. The Morgan fingerprint density at radius 3 is 1.61 bits per heavy atom. The van der Waals surface area contributed by atoms with Gasteiger partial charge in [0.1, 0.15) is 64.7 Å². The SMILES string of the molecule is N#Cc1nn(-c2cc(S(=O)(=O)O)ccc2C(=O)O)c(O)c1/N=N/c1cc(N=Nc2c(S(=O)(=O)O)cc3c(S(=O)(=O)O)c(N=Nc4cc(S(=O)(=O)O)c5cc(S(=O)(=O)O)c(N=Nc6ccc([N+](=O)[O-])cc6C(=O)O)c(O)c5c4N)ccc3c2O)ccc1S(=O)(=O)O. The number of carboxylic acid groups (broad SMARTS) is 2. The minimum absolute atomic E-state index is 0.262. The number of hydrogen-bond acceptors (Lipinski definition) is 30. The maximum absolute atomic E-state index is 13.2. The number of azo groups is 4. The van der Waals surface area contributed by atoms with Gasteiger partial charge in [-0.3, -0.25) is 37.4 Å². The number of phenolic OH excluding ortho intramolecular Hbond substituents is 2. The first-order chi connectivity index (χ1) is 41.5. The average Bonchev–Trinajstić information content (AvgIpc) is 0.886. The number of nitro groups is 1. The van der Waals surface area contributed by atoms with Crippen LogP contribution in [0, 0.1) is 21.4 Å². The number of rotatable bonds is 18. The molecule has 8 rings (SSSR count). The zero-order valence-corrected chi connectivity index (χ0v) is 47.8. The summed E-state index contributed by atoms with van der Waals surface area (Å²) in [6, 6.07) is 9.41. The van der Waals surface area contributed by atoms with E-state index >= 15 is 0 Å². The summed E-state index contributed by atoms with van der Waals surface area (Å²) in [6.07, 6.45) is 0. The van der Waals surface area contributed by atoms with E-state index in [1.807, 2.05) is 0 Å². The molecule has 0 radical (unpaired) electrons. The number of nitriles is 1. The molecule has 0 unspecified atom stereocenters. The van der Waals surface area contributed by atoms with Crippen LogP contribution in [-0.4, -0.2) is 130 Å². The average molecular weight is 1360 g/mol. The second-order valence-electron chi connectivity index (χ2n) is 17.5. The molecule has 0 fully saturated rings. The van der Waals surface area contributed by atoms with E-state index < -0.39 is 225 Å². The van der Waals surface area contributed by atoms with E-state index in [2.05, 4.69) is 46.0 Å². The fourth-order valence-corrected chi connectivity index (χ4v) is 12.0. The predicted molar refractivity (Wildman–Crippen MR) is 295 cm³/mol. The summed E-state index contributed by atoms with van der Waals surface area (Å²) >= 11 is 0. The lowest BCUT2D eigenvalue weighted by atomic mass is 10.0. The first kappa shape index (κ1) is 65.1. The summed E-state index contributed by atoms with van der Waals surface area (Å²) in [6.45, 7) is 0. The zero-order chi connectivity index (χ0) is 66.9. The Balaban J connectivity index is 1.25. The van der Waals surface area contributed by atoms with Gasteiger partial charge in [0.05, 0.1) is 43.4 Å². The molecule has 0 saturated heterocycles. The molecule has 466 valence electrons. The third kappa shape index (κ3) is 12.8. The summed E-state index contributed by atoms with van der Waals surface area (Å²) in [7, 11) is -33.2. The van der Waals surface area contributed by atoms with Gasteiger partial charge < -0.3 is 31.3 Å². The lowest BCUT2D eigenvalue weighted by Gasteiger charge is -2.15. The molecule has 1 aromatic heterocycles. The molecular weight excluding hydrogens is 1330 g/mol. The first-order valence-corrected chi connectivity index (χ1v) is 31.4. The van der Waals surface area contributed by atoms with Crippen LogP contribution >= 0.6 is 0 Å². The second-order valence-corrected chi connectivity index (χ2v) is 25.8. The third-order valence-corrected chi connectivity index (χ3v) is 17.3. The summed E-state index contributed by atoms with van der Waals surface area (Å²) in [5.41, 5.74) is -6.89. The number of nitrogens with two attached hydrogens (primary N) is 1. The zero-order valence-electron chi connectivity index (χ0n) is 42.9. The predicted octanol–water partition coefficient (Wildman–Crippen LogP) is 7.20. The highest BCUT2D eigenvalue weighted by atomic mass is 32.2. The van der Waals surface area contributed by atoms with Gasteiger partial charge in [0.2, 0.25) is 5.88 Å². The Hall–Kier alpha value is -10.8. The topological polar surface area (TPSA) is 671 Å². The number of aromatic hydroxyl groups is 3. The van der Waals surface area contributed by atoms with E-state index in [1.165, 1.54) is 6.07 Å². The van der Waals surface area contributed by atoms with Gasteiger partial charge in [-0.15, -0.1) is 35.8 Å². The Morgan fingerprint density at radius 2 is 1.06 bits per heavy atom. The van der Waals surface area contributed by atoms with E-state index in [0.717, 1.165) is 24.3 Å². The van der Waals surface area contributed by atoms with E-state index in [9.17, 15) is 128 Å². The molecular formula is C44H27N13O27S6. The Labute approximate surface area is 498 Å². The summed E-state index contributed by atoms with van der Waals surface area (Å²) in [4.78, 5) is 26.2. The van der Waals surface area contributed by atoms with Crippen molar-refractivity contribution in [3.63, 3.8) is 0 Å². The van der Waals surface area contributed by atoms with Crippen molar-refractivity contribution in [3.8, 4) is 29.1 Å². The minimum Gasteiger partial charge on any atom is -0.505 e. The van der Waals surface area contributed by atoms with Crippen LogP contribution < -0.4 is 5.73 Å². The molecule has 1 heterocycles. The lowest BCUT2D eigenvalue weighted by molar-refractivity contribution is -0.384. The molecule has 8 aromatic rings. The number of nitrogen functional groups attached to an aromatic ring is 1. The van der Waals surface area contributed by atoms with Gasteiger partial charge in [-0.05, 0) is 72.8 Å². The highest BCUT2D eigenvalue weighted by Gasteiger charge is 2.32. The van der Waals surface area contributed by atoms with Crippen molar-refractivity contribution in [1.29, 1.82) is 5.26 Å². The number of aromatic nitrogens is 2. The summed E-state index contributed by atoms with van der Waals surface area (Å²) < 4.78 is 213. The van der Waals surface area contributed by atoms with E-state index in [4.69, 9.17) is 5.73 Å². The van der Waals surface area contributed by atoms with Crippen LogP contribution in [0.2, 0.25) is 0 Å². The third-order valence-electron chi connectivity index (χ3n) is 11.9. The molecule has 0 atom stereocenters. The summed E-state index contributed by atoms with van der Waals surface area (Å²) in [5.74, 6) is -7.78. The molecule has 0 saturated carbocycles. The molecule has 46 heteroatoms. The van der Waals surface area contributed by atoms with E-state index in [-0.39, 0.29) is 16.8 Å². The molecule has 7 aromatic carbocycles. The van der Waals surface area contributed by atoms with Crippen LogP contribution in [0.3, 0.4) is 0 Å². The highest BCUT2D eigenvalue weighted by molar-refractivity contribution is 7.87. The molecule has 13 N–H and O–H groups in total. The number of anilines is 1. The lowest BCUT2D eigenvalue weighted by Crippen LogP contribution is -2.09. The Kier molecular flexibility index (Phi) is 16.7. The van der Waals surface area contributed by atoms with Crippen LogP contribution in [-0.2, 0) is 60.7 Å². The standard InChI is InChI=1S/C44H27N13O27S6/c45-15-28-36(42(60)56(55-28)29-11-18(85(67,68)69)3-4-20(29)43(61)62)52-50-26-9-16(1-8-30(26)86(70,71)72)47-53-37-32(88(76,77)78)12-21-19(39(37)58)5-7-25(41(21)90(82,83)84)49-51-27-14-31(87(73,74)75)23-13-33(89(79,80)81)38(40(59)34(23)35(27)46)54-48-24-6-2-17(57(65)66)10-22(24)44(63)64/h1-14,58-60H,46H2,(H,61,62)(H,63,64)(H,67,68,69)(H,70,71,72)(H,73,74,75)(H,76,77,78)(H,79,80,81)(H,82,83,84)/b51-49?,52-50+,53-47?,54-48?. The number of phenols is 2. The van der Waals surface area contributed by atoms with Gasteiger partial charge in [0.15, 0.2) is 22.9 Å². The number of carbonyl (C=O) groups is 2. The molecule has 0 aliphatic heterocycles. The van der Waals surface area contributed by atoms with E-state index in [1.54, 1.807) is 0 Å². The van der Waals surface area contributed by atoms with Crippen molar-refractivity contribution < 1.29 is 118 Å².